The van der Waals surface area contributed by atoms with Crippen LogP contribution in [0.2, 0.25) is 10.6 Å². The molecule has 0 saturated heterocycles. The van der Waals surface area contributed by atoms with Crippen LogP contribution < -0.4 is 0 Å². The summed E-state index contributed by atoms with van der Waals surface area (Å²) in [7, 11) is 0. The van der Waals surface area contributed by atoms with Gasteiger partial charge in [0.05, 0.1) is 0 Å². The normalized spacial score (nSPS) is 14.6. The predicted molar refractivity (Wildman–Crippen MR) is 55.7 cm³/mol. The number of rotatable bonds is 2. The van der Waals surface area contributed by atoms with Crippen molar-refractivity contribution in [1.29, 1.82) is 0 Å². The molecule has 0 aliphatic carbocycles. The molecule has 0 atom stereocenters. The van der Waals surface area contributed by atoms with Crippen molar-refractivity contribution in [2.75, 3.05) is 0 Å². The third-order valence-corrected chi connectivity index (χ3v) is 6.79. The van der Waals surface area contributed by atoms with E-state index >= 15 is 0 Å². The van der Waals surface area contributed by atoms with Crippen molar-refractivity contribution in [1.82, 2.24) is 0 Å². The maximum atomic E-state index is 11.7. The van der Waals surface area contributed by atoms with Crippen molar-refractivity contribution < 1.29 is 7.67 Å². The summed E-state index contributed by atoms with van der Waals surface area (Å²) in [4.78, 5) is 0. The van der Waals surface area contributed by atoms with Gasteiger partial charge in [0.2, 0.25) is 0 Å². The minimum absolute atomic E-state index is 0.102. The Morgan fingerprint density at radius 2 is 1.00 bits per heavy atom. The Bertz CT molecular complexity index is 228. The molecule has 80 valence electrons. The van der Waals surface area contributed by atoms with E-state index in [1.807, 2.05) is 41.5 Å². The fourth-order valence-electron chi connectivity index (χ4n) is 1.37. The summed E-state index contributed by atoms with van der Waals surface area (Å²) in [6.45, 7) is 11.8. The molecule has 0 heterocycles. The summed E-state index contributed by atoms with van der Waals surface area (Å²) in [6.07, 6.45) is 0. The van der Waals surface area contributed by atoms with Crippen molar-refractivity contribution in [3.63, 3.8) is 0 Å². The summed E-state index contributed by atoms with van der Waals surface area (Å²) in [5, 5.41) is 0.696. The Balaban J connectivity index is 4.46. The van der Waals surface area contributed by atoms with Crippen LogP contribution in [0, 0.1) is 10.8 Å². The Hall–Kier alpha value is 0.119. The first-order valence-electron chi connectivity index (χ1n) is 4.62. The average molecular weight is 253 g/mol. The van der Waals surface area contributed by atoms with Gasteiger partial charge in [0.25, 0.3) is 0 Å². The monoisotopic (exact) mass is 254 g/mol. The molecule has 0 fully saturated rings. The van der Waals surface area contributed by atoms with Crippen LogP contribution in [-0.4, -0.2) is 12.7 Å². The molecule has 0 aromatic heterocycles. The van der Waals surface area contributed by atoms with E-state index in [1.54, 1.807) is 0 Å². The zero-order chi connectivity index (χ0) is 10.9. The van der Waals surface area contributed by atoms with Gasteiger partial charge in [-0.1, -0.05) is 0 Å². The summed E-state index contributed by atoms with van der Waals surface area (Å²) in [5.74, 6) is 0. The fourth-order valence-corrected chi connectivity index (χ4v) is 7.12. The van der Waals surface area contributed by atoms with E-state index in [2.05, 4.69) is 0 Å². The summed E-state index contributed by atoms with van der Waals surface area (Å²) < 4.78 is 23.5. The first-order chi connectivity index (χ1) is 5.41. The predicted octanol–water partition coefficient (Wildman–Crippen LogP) is 3.38. The zero-order valence-corrected chi connectivity index (χ0v) is 11.4. The molecule has 3 heteroatoms. The Morgan fingerprint density at radius 1 is 0.769 bits per heavy atom. The van der Waals surface area contributed by atoms with Crippen molar-refractivity contribution in [2.24, 2.45) is 10.8 Å². The van der Waals surface area contributed by atoms with Crippen LogP contribution >= 0.6 is 0 Å². The van der Waals surface area contributed by atoms with E-state index in [9.17, 15) is 7.67 Å². The Morgan fingerprint density at radius 3 is 1.15 bits per heavy atom. The topological polar surface area (TPSA) is 34.1 Å². The fraction of sp³-hybridized carbons (Fsp3) is 1.00. The van der Waals surface area contributed by atoms with E-state index in [0.717, 1.165) is 0 Å². The van der Waals surface area contributed by atoms with Crippen molar-refractivity contribution in [3.05, 3.63) is 0 Å². The first kappa shape index (κ1) is 13.1. The first-order valence-corrected chi connectivity index (χ1v) is 8.44. The van der Waals surface area contributed by atoms with E-state index in [-0.39, 0.29) is 10.8 Å². The summed E-state index contributed by atoms with van der Waals surface area (Å²) >= 11 is -3.65. The Labute approximate surface area is 83.7 Å². The van der Waals surface area contributed by atoms with Gasteiger partial charge in [0.15, 0.2) is 0 Å². The molecule has 0 N–H and O–H groups in total. The molecule has 2 nitrogen and oxygen atoms in total. The van der Waals surface area contributed by atoms with Gasteiger partial charge in [-0.3, -0.25) is 0 Å². The van der Waals surface area contributed by atoms with Gasteiger partial charge in [-0.25, -0.2) is 0 Å². The molecule has 0 aliphatic rings. The molecule has 0 aromatic rings. The molecule has 0 radical (unpaired) electrons. The second-order valence-corrected chi connectivity index (χ2v) is 10.5. The van der Waals surface area contributed by atoms with Gasteiger partial charge in [0, 0.05) is 0 Å². The molecule has 0 amide bonds. The quantitative estimate of drug-likeness (QED) is 0.707. The van der Waals surface area contributed by atoms with E-state index in [1.165, 1.54) is 0 Å². The average Bonchev–Trinajstić information content (AvgIpc) is 1.43. The Kier molecular flexibility index (Phi) is 3.74. The van der Waals surface area contributed by atoms with Crippen LogP contribution in [-0.2, 0) is 7.67 Å². The maximum absolute atomic E-state index is 11.7. The van der Waals surface area contributed by atoms with Gasteiger partial charge in [-0.2, -0.15) is 0 Å². The van der Waals surface area contributed by atoms with Gasteiger partial charge < -0.3 is 0 Å². The number of hydrogen-bond donors (Lipinski definition) is 0. The van der Waals surface area contributed by atoms with Crippen LogP contribution in [0.15, 0.2) is 0 Å². The van der Waals surface area contributed by atoms with Gasteiger partial charge in [-0.15, -0.1) is 0 Å². The summed E-state index contributed by atoms with van der Waals surface area (Å²) in [6, 6.07) is 0. The molecule has 13 heavy (non-hydrogen) atoms. The second-order valence-electron chi connectivity index (χ2n) is 6.15. The SMILES string of the molecule is CC(C)(C)C[Se](=O)(=O)CC(C)(C)C. The molecule has 0 spiro atoms. The van der Waals surface area contributed by atoms with Gasteiger partial charge in [0.1, 0.15) is 0 Å². The van der Waals surface area contributed by atoms with Crippen LogP contribution in [0.4, 0.5) is 0 Å². The molecule has 0 aliphatic heterocycles. The van der Waals surface area contributed by atoms with Crippen molar-refractivity contribution in [2.45, 2.75) is 52.2 Å². The van der Waals surface area contributed by atoms with Crippen molar-refractivity contribution >= 4 is 12.7 Å². The van der Waals surface area contributed by atoms with Crippen LogP contribution in [0.5, 0.6) is 0 Å². The van der Waals surface area contributed by atoms with Crippen LogP contribution in [0.25, 0.3) is 0 Å². The van der Waals surface area contributed by atoms with E-state index in [0.29, 0.717) is 10.6 Å². The van der Waals surface area contributed by atoms with Crippen LogP contribution in [0.3, 0.4) is 0 Å². The molecule has 0 saturated carbocycles. The minimum atomic E-state index is -3.65. The van der Waals surface area contributed by atoms with E-state index in [4.69, 9.17) is 0 Å². The van der Waals surface area contributed by atoms with Crippen molar-refractivity contribution in [3.8, 4) is 0 Å². The summed E-state index contributed by atoms with van der Waals surface area (Å²) in [5.41, 5.74) is -0.205. The van der Waals surface area contributed by atoms with Gasteiger partial charge in [-0.05, 0) is 0 Å². The molecule has 0 bridgehead atoms. The molecule has 0 aromatic carbocycles. The third-order valence-electron chi connectivity index (χ3n) is 1.31. The van der Waals surface area contributed by atoms with E-state index < -0.39 is 12.7 Å². The molecular weight excluding hydrogens is 231 g/mol. The second kappa shape index (κ2) is 3.70. The number of hydrogen-bond acceptors (Lipinski definition) is 2. The molecule has 0 rings (SSSR count). The standard InChI is InChI=1S/C10H22O2Se/c1-9(2,3)7-13(11,12)8-10(4,5)6/h7-8H2,1-6H3. The molecular formula is C10H22O2Se. The third kappa shape index (κ3) is 8.45. The zero-order valence-electron chi connectivity index (χ0n) is 9.64. The van der Waals surface area contributed by atoms with Gasteiger partial charge >= 0.3 is 83.4 Å². The van der Waals surface area contributed by atoms with Crippen LogP contribution in [0.1, 0.15) is 41.5 Å². The molecule has 0 unspecified atom stereocenters.